The van der Waals surface area contributed by atoms with Crippen molar-refractivity contribution in [3.8, 4) is 0 Å². The van der Waals surface area contributed by atoms with Crippen LogP contribution in [0.3, 0.4) is 0 Å². The van der Waals surface area contributed by atoms with Crippen LogP contribution in [-0.2, 0) is 6.54 Å². The zero-order chi connectivity index (χ0) is 15.4. The second-order valence-electron chi connectivity index (χ2n) is 4.69. The fourth-order valence-electron chi connectivity index (χ4n) is 2.05. The highest BCUT2D eigenvalue weighted by atomic mass is 79.9. The highest BCUT2D eigenvalue weighted by Crippen LogP contribution is 2.24. The van der Waals surface area contributed by atoms with Crippen LogP contribution >= 0.6 is 27.5 Å². The van der Waals surface area contributed by atoms with Crippen LogP contribution < -0.4 is 5.73 Å². The van der Waals surface area contributed by atoms with Crippen molar-refractivity contribution in [2.75, 3.05) is 12.3 Å². The first kappa shape index (κ1) is 15.9. The third-order valence-electron chi connectivity index (χ3n) is 3.16. The molecule has 0 saturated carbocycles. The Kier molecular flexibility index (Phi) is 5.26. The van der Waals surface area contributed by atoms with Gasteiger partial charge in [0.05, 0.1) is 5.02 Å². The second kappa shape index (κ2) is 6.96. The molecule has 0 spiro atoms. The van der Waals surface area contributed by atoms with Crippen LogP contribution in [0.2, 0.25) is 5.02 Å². The topological polar surface area (TPSA) is 46.3 Å². The predicted octanol–water partition coefficient (Wildman–Crippen LogP) is 4.35. The number of hydrogen-bond acceptors (Lipinski definition) is 2. The summed E-state index contributed by atoms with van der Waals surface area (Å²) in [6, 6.07) is 12.8. The molecule has 0 aliphatic rings. The average molecular weight is 368 g/mol. The van der Waals surface area contributed by atoms with E-state index in [-0.39, 0.29) is 5.91 Å². The van der Waals surface area contributed by atoms with Crippen molar-refractivity contribution >= 4 is 39.1 Å². The number of nitrogens with two attached hydrogens (primary N) is 1. The van der Waals surface area contributed by atoms with E-state index in [4.69, 9.17) is 17.3 Å². The number of benzene rings is 2. The van der Waals surface area contributed by atoms with Crippen LogP contribution in [0.5, 0.6) is 0 Å². The lowest BCUT2D eigenvalue weighted by Gasteiger charge is -2.21. The van der Waals surface area contributed by atoms with E-state index in [0.717, 1.165) is 10.0 Å². The normalized spacial score (nSPS) is 10.4. The number of carbonyl (C=O) groups is 1. The lowest BCUT2D eigenvalue weighted by molar-refractivity contribution is 0.0752. The van der Waals surface area contributed by atoms with Crippen molar-refractivity contribution in [3.05, 3.63) is 63.1 Å². The molecule has 3 nitrogen and oxygen atoms in total. The molecule has 1 amide bonds. The summed E-state index contributed by atoms with van der Waals surface area (Å²) in [5, 5.41) is 0.588. The molecule has 2 N–H and O–H groups in total. The fraction of sp³-hybridized carbons (Fsp3) is 0.188. The summed E-state index contributed by atoms with van der Waals surface area (Å²) in [5.74, 6) is -0.0303. The number of nitrogen functional groups attached to an aromatic ring is 1. The Morgan fingerprint density at radius 2 is 2.05 bits per heavy atom. The molecular weight excluding hydrogens is 352 g/mol. The van der Waals surface area contributed by atoms with Crippen LogP contribution in [0.15, 0.2) is 46.9 Å². The number of halogens is 2. The van der Waals surface area contributed by atoms with Gasteiger partial charge >= 0.3 is 0 Å². The highest BCUT2D eigenvalue weighted by Gasteiger charge is 2.15. The van der Waals surface area contributed by atoms with E-state index in [1.54, 1.807) is 23.1 Å². The SMILES string of the molecule is CCN(Cc1cccc(N)c1)C(=O)c1ccc(Cl)c(Br)c1. The molecule has 0 saturated heterocycles. The minimum atomic E-state index is -0.0303. The van der Waals surface area contributed by atoms with E-state index >= 15 is 0 Å². The van der Waals surface area contributed by atoms with Gasteiger partial charge in [-0.3, -0.25) is 4.79 Å². The van der Waals surface area contributed by atoms with Gasteiger partial charge < -0.3 is 10.6 Å². The third-order valence-corrected chi connectivity index (χ3v) is 4.37. The number of rotatable bonds is 4. The van der Waals surface area contributed by atoms with E-state index in [1.807, 2.05) is 31.2 Å². The first-order valence-electron chi connectivity index (χ1n) is 6.60. The van der Waals surface area contributed by atoms with E-state index < -0.39 is 0 Å². The molecule has 0 aromatic heterocycles. The van der Waals surface area contributed by atoms with Gasteiger partial charge in [0, 0.05) is 28.8 Å². The summed E-state index contributed by atoms with van der Waals surface area (Å²) in [6.07, 6.45) is 0. The Hall–Kier alpha value is -1.52. The average Bonchev–Trinajstić information content (AvgIpc) is 2.47. The summed E-state index contributed by atoms with van der Waals surface area (Å²) in [5.41, 5.74) is 8.10. The Balaban J connectivity index is 2.20. The van der Waals surface area contributed by atoms with Crippen molar-refractivity contribution in [2.45, 2.75) is 13.5 Å². The molecule has 0 heterocycles. The van der Waals surface area contributed by atoms with Gasteiger partial charge in [0.2, 0.25) is 0 Å². The number of nitrogens with zero attached hydrogens (tertiary/aromatic N) is 1. The zero-order valence-corrected chi connectivity index (χ0v) is 14.0. The van der Waals surface area contributed by atoms with Crippen LogP contribution in [0.1, 0.15) is 22.8 Å². The number of amides is 1. The molecular formula is C16H16BrClN2O. The maximum absolute atomic E-state index is 12.6. The van der Waals surface area contributed by atoms with Gasteiger partial charge in [-0.1, -0.05) is 23.7 Å². The van der Waals surface area contributed by atoms with Gasteiger partial charge in [-0.05, 0) is 58.7 Å². The van der Waals surface area contributed by atoms with Crippen LogP contribution in [0, 0.1) is 0 Å². The Bertz CT molecular complexity index is 660. The molecule has 0 radical (unpaired) electrons. The summed E-state index contributed by atoms with van der Waals surface area (Å²) < 4.78 is 0.718. The van der Waals surface area contributed by atoms with Crippen LogP contribution in [0.25, 0.3) is 0 Å². The van der Waals surface area contributed by atoms with Crippen molar-refractivity contribution < 1.29 is 4.79 Å². The molecule has 0 unspecified atom stereocenters. The minimum Gasteiger partial charge on any atom is -0.399 e. The predicted molar refractivity (Wildman–Crippen MR) is 90.4 cm³/mol. The van der Waals surface area contributed by atoms with Crippen LogP contribution in [0.4, 0.5) is 5.69 Å². The minimum absolute atomic E-state index is 0.0303. The fourth-order valence-corrected chi connectivity index (χ4v) is 2.55. The molecule has 0 aliphatic carbocycles. The molecule has 2 rings (SSSR count). The largest absolute Gasteiger partial charge is 0.399 e. The molecule has 0 bridgehead atoms. The first-order chi connectivity index (χ1) is 10.0. The summed E-state index contributed by atoms with van der Waals surface area (Å²) in [7, 11) is 0. The molecule has 5 heteroatoms. The Labute approximate surface area is 137 Å². The van der Waals surface area contributed by atoms with Gasteiger partial charge in [-0.15, -0.1) is 0 Å². The standard InChI is InChI=1S/C16H16BrClN2O/c1-2-20(10-11-4-3-5-13(19)8-11)16(21)12-6-7-15(18)14(17)9-12/h3-9H,2,10,19H2,1H3. The van der Waals surface area contributed by atoms with Gasteiger partial charge in [0.15, 0.2) is 0 Å². The van der Waals surface area contributed by atoms with E-state index in [0.29, 0.717) is 29.4 Å². The zero-order valence-electron chi connectivity index (χ0n) is 11.6. The van der Waals surface area contributed by atoms with E-state index in [9.17, 15) is 4.79 Å². The molecule has 2 aromatic carbocycles. The molecule has 0 atom stereocenters. The quantitative estimate of drug-likeness (QED) is 0.817. The lowest BCUT2D eigenvalue weighted by Crippen LogP contribution is -2.30. The van der Waals surface area contributed by atoms with Crippen molar-refractivity contribution in [1.82, 2.24) is 4.90 Å². The summed E-state index contributed by atoms with van der Waals surface area (Å²) in [6.45, 7) is 3.10. The van der Waals surface area contributed by atoms with Gasteiger partial charge in [0.25, 0.3) is 5.91 Å². The highest BCUT2D eigenvalue weighted by molar-refractivity contribution is 9.10. The molecule has 0 fully saturated rings. The monoisotopic (exact) mass is 366 g/mol. The number of anilines is 1. The lowest BCUT2D eigenvalue weighted by atomic mass is 10.1. The van der Waals surface area contributed by atoms with E-state index in [2.05, 4.69) is 15.9 Å². The molecule has 110 valence electrons. The van der Waals surface area contributed by atoms with Crippen molar-refractivity contribution in [2.24, 2.45) is 0 Å². The molecule has 0 aliphatic heterocycles. The Morgan fingerprint density at radius 1 is 1.29 bits per heavy atom. The van der Waals surface area contributed by atoms with Gasteiger partial charge in [-0.25, -0.2) is 0 Å². The smallest absolute Gasteiger partial charge is 0.254 e. The van der Waals surface area contributed by atoms with Crippen molar-refractivity contribution in [1.29, 1.82) is 0 Å². The Morgan fingerprint density at radius 3 is 2.67 bits per heavy atom. The number of hydrogen-bond donors (Lipinski definition) is 1. The second-order valence-corrected chi connectivity index (χ2v) is 5.95. The van der Waals surface area contributed by atoms with Gasteiger partial charge in [-0.2, -0.15) is 0 Å². The van der Waals surface area contributed by atoms with Gasteiger partial charge in [0.1, 0.15) is 0 Å². The van der Waals surface area contributed by atoms with E-state index in [1.165, 1.54) is 0 Å². The van der Waals surface area contributed by atoms with Crippen LogP contribution in [-0.4, -0.2) is 17.4 Å². The first-order valence-corrected chi connectivity index (χ1v) is 7.77. The summed E-state index contributed by atoms with van der Waals surface area (Å²) in [4.78, 5) is 14.3. The van der Waals surface area contributed by atoms with Crippen molar-refractivity contribution in [3.63, 3.8) is 0 Å². The maximum atomic E-state index is 12.6. The maximum Gasteiger partial charge on any atom is 0.254 e. The third kappa shape index (κ3) is 3.99. The summed E-state index contributed by atoms with van der Waals surface area (Å²) >= 11 is 9.30. The molecule has 21 heavy (non-hydrogen) atoms. The molecule has 2 aromatic rings. The number of carbonyl (C=O) groups excluding carboxylic acids is 1.